The Hall–Kier alpha value is -2.16. The average molecular weight is 429 g/mol. The van der Waals surface area contributed by atoms with E-state index in [4.69, 9.17) is 0 Å². The van der Waals surface area contributed by atoms with Crippen LogP contribution in [0.2, 0.25) is 0 Å². The minimum absolute atomic E-state index is 0.0528. The van der Waals surface area contributed by atoms with Crippen molar-refractivity contribution in [2.24, 2.45) is 0 Å². The summed E-state index contributed by atoms with van der Waals surface area (Å²) in [5.41, 5.74) is 1.52. The maximum atomic E-state index is 13.6. The molecule has 2 N–H and O–H groups in total. The Morgan fingerprint density at radius 1 is 1.03 bits per heavy atom. The second-order valence-corrected chi connectivity index (χ2v) is 10.8. The molecule has 5 heteroatoms. The van der Waals surface area contributed by atoms with Gasteiger partial charge in [0.05, 0.1) is 11.1 Å². The van der Waals surface area contributed by atoms with Crippen molar-refractivity contribution in [1.82, 2.24) is 0 Å². The molecule has 0 aliphatic rings. The van der Waals surface area contributed by atoms with Gasteiger partial charge in [-0.15, -0.1) is 0 Å². The van der Waals surface area contributed by atoms with E-state index in [2.05, 4.69) is 6.92 Å². The van der Waals surface area contributed by atoms with Crippen LogP contribution < -0.4 is 0 Å². The van der Waals surface area contributed by atoms with Crippen molar-refractivity contribution in [3.8, 4) is 0 Å². The largest absolute Gasteiger partial charge is 0.481 e. The summed E-state index contributed by atoms with van der Waals surface area (Å²) in [6.45, 7) is 3.79. The lowest BCUT2D eigenvalue weighted by Crippen LogP contribution is -2.38. The number of carbonyl (C=O) groups is 1. The van der Waals surface area contributed by atoms with Crippen molar-refractivity contribution < 1.29 is 19.4 Å². The van der Waals surface area contributed by atoms with E-state index in [0.717, 1.165) is 31.2 Å². The van der Waals surface area contributed by atoms with Crippen LogP contribution in [0.3, 0.4) is 0 Å². The Kier molecular flexibility index (Phi) is 9.08. The van der Waals surface area contributed by atoms with Gasteiger partial charge in [0.2, 0.25) is 7.37 Å². The third kappa shape index (κ3) is 6.17. The van der Waals surface area contributed by atoms with E-state index in [0.29, 0.717) is 12.0 Å². The van der Waals surface area contributed by atoms with Crippen LogP contribution >= 0.6 is 7.37 Å². The van der Waals surface area contributed by atoms with Gasteiger partial charge < -0.3 is 10.00 Å². The molecular formula is C25H33O4P. The Bertz CT molecular complexity index is 863. The second kappa shape index (κ2) is 11.3. The summed E-state index contributed by atoms with van der Waals surface area (Å²) in [6, 6.07) is 18.4. The molecule has 0 saturated heterocycles. The normalized spacial score (nSPS) is 16.6. The summed E-state index contributed by atoms with van der Waals surface area (Å²) in [5, 5.41) is 8.83. The summed E-state index contributed by atoms with van der Waals surface area (Å²) in [5.74, 6) is -2.10. The molecule has 4 nitrogen and oxygen atoms in total. The number of carboxylic acid groups (broad SMARTS) is 1. The quantitative estimate of drug-likeness (QED) is 0.296. The first kappa shape index (κ1) is 24.1. The van der Waals surface area contributed by atoms with Gasteiger partial charge in [0, 0.05) is 6.16 Å². The summed E-state index contributed by atoms with van der Waals surface area (Å²) < 4.78 is 13.6. The van der Waals surface area contributed by atoms with Gasteiger partial charge in [-0.3, -0.25) is 9.36 Å². The number of hydrogen-bond donors (Lipinski definition) is 2. The molecular weight excluding hydrogens is 395 g/mol. The minimum Gasteiger partial charge on any atom is -0.481 e. The van der Waals surface area contributed by atoms with Crippen LogP contribution in [0.25, 0.3) is 6.08 Å². The highest BCUT2D eigenvalue weighted by atomic mass is 31.2. The monoisotopic (exact) mass is 428 g/mol. The number of benzene rings is 2. The first-order valence-corrected chi connectivity index (χ1v) is 12.5. The van der Waals surface area contributed by atoms with Gasteiger partial charge in [0.25, 0.3) is 0 Å². The zero-order valence-corrected chi connectivity index (χ0v) is 18.8. The highest BCUT2D eigenvalue weighted by molar-refractivity contribution is 7.60. The number of aliphatic carboxylic acids is 1. The Morgan fingerprint density at radius 2 is 1.63 bits per heavy atom. The summed E-state index contributed by atoms with van der Waals surface area (Å²) in [4.78, 5) is 23.5. The molecule has 0 aliphatic carbocycles. The number of unbranched alkanes of at least 4 members (excludes halogenated alkanes) is 3. The molecule has 2 rings (SSSR count). The molecule has 0 aromatic heterocycles. The Balaban J connectivity index is 2.36. The molecule has 3 atom stereocenters. The average Bonchev–Trinajstić information content (AvgIpc) is 2.72. The van der Waals surface area contributed by atoms with Crippen molar-refractivity contribution >= 4 is 19.4 Å². The third-order valence-corrected chi connectivity index (χ3v) is 8.58. The van der Waals surface area contributed by atoms with Crippen molar-refractivity contribution in [2.45, 2.75) is 57.0 Å². The van der Waals surface area contributed by atoms with Gasteiger partial charge in [-0.25, -0.2) is 0 Å². The van der Waals surface area contributed by atoms with E-state index in [1.165, 1.54) is 0 Å². The lowest BCUT2D eigenvalue weighted by atomic mass is 9.83. The molecule has 2 aromatic rings. The van der Waals surface area contributed by atoms with Crippen LogP contribution in [0.5, 0.6) is 0 Å². The van der Waals surface area contributed by atoms with E-state index in [-0.39, 0.29) is 6.16 Å². The second-order valence-electron chi connectivity index (χ2n) is 8.05. The molecule has 0 radical (unpaired) electrons. The van der Waals surface area contributed by atoms with Gasteiger partial charge in [0.15, 0.2) is 0 Å². The van der Waals surface area contributed by atoms with Crippen LogP contribution in [-0.4, -0.2) is 27.3 Å². The third-order valence-electron chi connectivity index (χ3n) is 5.80. The van der Waals surface area contributed by atoms with Gasteiger partial charge in [-0.2, -0.15) is 0 Å². The van der Waals surface area contributed by atoms with E-state index in [1.54, 1.807) is 37.3 Å². The maximum Gasteiger partial charge on any atom is 0.312 e. The van der Waals surface area contributed by atoms with Crippen LogP contribution in [0, 0.1) is 0 Å². The molecule has 0 amide bonds. The predicted octanol–water partition coefficient (Wildman–Crippen LogP) is 6.57. The maximum absolute atomic E-state index is 13.6. The number of carboxylic acids is 1. The van der Waals surface area contributed by atoms with E-state index in [9.17, 15) is 19.4 Å². The standard InChI is InChI=1S/C25H33O4P/c1-3-4-5-12-19-25(2,23(24(26)27)22-17-10-7-11-18-22)30(28,29)20-13-16-21-14-8-6-9-15-21/h6-11,13-18,23H,3-5,12,19-20H2,1-2H3,(H,26,27)(H,28,29). The lowest BCUT2D eigenvalue weighted by Gasteiger charge is -2.39. The number of rotatable bonds is 12. The Labute approximate surface area is 180 Å². The summed E-state index contributed by atoms with van der Waals surface area (Å²) in [6.07, 6.45) is 7.59. The van der Waals surface area contributed by atoms with Gasteiger partial charge in [0.1, 0.15) is 0 Å². The topological polar surface area (TPSA) is 74.6 Å². The van der Waals surface area contributed by atoms with Crippen molar-refractivity contribution in [3.05, 3.63) is 77.9 Å². The summed E-state index contributed by atoms with van der Waals surface area (Å²) >= 11 is 0. The van der Waals surface area contributed by atoms with Crippen molar-refractivity contribution in [2.75, 3.05) is 6.16 Å². The fraction of sp³-hybridized carbons (Fsp3) is 0.400. The van der Waals surface area contributed by atoms with Crippen LogP contribution in [0.1, 0.15) is 63.0 Å². The first-order valence-electron chi connectivity index (χ1n) is 10.6. The number of hydrogen-bond acceptors (Lipinski definition) is 2. The van der Waals surface area contributed by atoms with E-state index < -0.39 is 24.4 Å². The zero-order valence-electron chi connectivity index (χ0n) is 17.9. The molecule has 0 aliphatic heterocycles. The molecule has 2 aromatic carbocycles. The predicted molar refractivity (Wildman–Crippen MR) is 124 cm³/mol. The molecule has 0 fully saturated rings. The summed E-state index contributed by atoms with van der Waals surface area (Å²) in [7, 11) is -3.84. The van der Waals surface area contributed by atoms with Gasteiger partial charge >= 0.3 is 5.97 Å². The molecule has 0 heterocycles. The smallest absolute Gasteiger partial charge is 0.312 e. The molecule has 162 valence electrons. The van der Waals surface area contributed by atoms with E-state index >= 15 is 0 Å². The van der Waals surface area contributed by atoms with Crippen molar-refractivity contribution in [1.29, 1.82) is 0 Å². The van der Waals surface area contributed by atoms with E-state index in [1.807, 2.05) is 42.5 Å². The van der Waals surface area contributed by atoms with Gasteiger partial charge in [-0.1, -0.05) is 105 Å². The van der Waals surface area contributed by atoms with Crippen molar-refractivity contribution in [3.63, 3.8) is 0 Å². The zero-order chi connectivity index (χ0) is 22.0. The molecule has 0 bridgehead atoms. The number of allylic oxidation sites excluding steroid dienone is 1. The lowest BCUT2D eigenvalue weighted by molar-refractivity contribution is -0.139. The Morgan fingerprint density at radius 3 is 2.20 bits per heavy atom. The fourth-order valence-corrected chi connectivity index (χ4v) is 5.93. The first-order chi connectivity index (χ1) is 14.3. The van der Waals surface area contributed by atoms with Crippen LogP contribution in [0.15, 0.2) is 66.7 Å². The fourth-order valence-electron chi connectivity index (χ4n) is 3.95. The van der Waals surface area contributed by atoms with Crippen LogP contribution in [0.4, 0.5) is 0 Å². The molecule has 30 heavy (non-hydrogen) atoms. The molecule has 0 spiro atoms. The highest BCUT2D eigenvalue weighted by Gasteiger charge is 2.51. The molecule has 3 unspecified atom stereocenters. The van der Waals surface area contributed by atoms with Gasteiger partial charge in [-0.05, 0) is 24.5 Å². The highest BCUT2D eigenvalue weighted by Crippen LogP contribution is 2.62. The minimum atomic E-state index is -3.84. The SMILES string of the molecule is CCCCCCC(C)(C(C(=O)O)c1ccccc1)P(=O)(O)CC=Cc1ccccc1. The molecule has 0 saturated carbocycles. The van der Waals surface area contributed by atoms with Crippen LogP contribution in [-0.2, 0) is 9.36 Å².